The molecular formula is C13H15N3. The molecule has 82 valence electrons. The SMILES string of the molecule is c1ccc(CCNCc2cnccn2)cc1. The van der Waals surface area contributed by atoms with E-state index < -0.39 is 0 Å². The molecule has 2 aromatic rings. The molecule has 0 atom stereocenters. The average Bonchev–Trinajstić information content (AvgIpc) is 2.37. The van der Waals surface area contributed by atoms with Gasteiger partial charge in [-0.25, -0.2) is 0 Å². The van der Waals surface area contributed by atoms with Crippen molar-refractivity contribution >= 4 is 0 Å². The van der Waals surface area contributed by atoms with E-state index in [1.165, 1.54) is 5.56 Å². The average molecular weight is 213 g/mol. The molecule has 2 rings (SSSR count). The van der Waals surface area contributed by atoms with Crippen LogP contribution in [0, 0.1) is 0 Å². The van der Waals surface area contributed by atoms with Gasteiger partial charge in [0, 0.05) is 25.1 Å². The van der Waals surface area contributed by atoms with Crippen LogP contribution in [0.25, 0.3) is 0 Å². The molecule has 0 unspecified atom stereocenters. The fourth-order valence-electron chi connectivity index (χ4n) is 1.52. The molecule has 0 spiro atoms. The quantitative estimate of drug-likeness (QED) is 0.770. The maximum absolute atomic E-state index is 4.20. The molecule has 3 nitrogen and oxygen atoms in total. The highest BCUT2D eigenvalue weighted by atomic mass is 14.9. The predicted octanol–water partition coefficient (Wildman–Crippen LogP) is 1.81. The van der Waals surface area contributed by atoms with Crippen molar-refractivity contribution in [3.63, 3.8) is 0 Å². The van der Waals surface area contributed by atoms with Crippen molar-refractivity contribution in [2.75, 3.05) is 6.54 Å². The van der Waals surface area contributed by atoms with Gasteiger partial charge in [-0.15, -0.1) is 0 Å². The normalized spacial score (nSPS) is 10.2. The van der Waals surface area contributed by atoms with Gasteiger partial charge in [0.15, 0.2) is 0 Å². The number of hydrogen-bond donors (Lipinski definition) is 1. The minimum atomic E-state index is 0.778. The second-order valence-electron chi connectivity index (χ2n) is 3.61. The Kier molecular flexibility index (Phi) is 4.02. The van der Waals surface area contributed by atoms with E-state index in [0.29, 0.717) is 0 Å². The van der Waals surface area contributed by atoms with E-state index in [9.17, 15) is 0 Å². The number of benzene rings is 1. The van der Waals surface area contributed by atoms with Crippen LogP contribution in [0.2, 0.25) is 0 Å². The van der Waals surface area contributed by atoms with E-state index in [0.717, 1.165) is 25.2 Å². The molecule has 0 radical (unpaired) electrons. The van der Waals surface area contributed by atoms with Gasteiger partial charge in [0.25, 0.3) is 0 Å². The lowest BCUT2D eigenvalue weighted by atomic mass is 10.1. The van der Waals surface area contributed by atoms with Crippen molar-refractivity contribution in [1.82, 2.24) is 15.3 Å². The van der Waals surface area contributed by atoms with E-state index in [-0.39, 0.29) is 0 Å². The molecule has 0 amide bonds. The lowest BCUT2D eigenvalue weighted by molar-refractivity contribution is 0.672. The highest BCUT2D eigenvalue weighted by Crippen LogP contribution is 1.98. The molecule has 0 saturated carbocycles. The first-order valence-electron chi connectivity index (χ1n) is 5.45. The Balaban J connectivity index is 1.70. The minimum Gasteiger partial charge on any atom is -0.311 e. The fraction of sp³-hybridized carbons (Fsp3) is 0.231. The molecular weight excluding hydrogens is 198 g/mol. The lowest BCUT2D eigenvalue weighted by Crippen LogP contribution is -2.17. The predicted molar refractivity (Wildman–Crippen MR) is 63.9 cm³/mol. The van der Waals surface area contributed by atoms with Crippen LogP contribution in [0.5, 0.6) is 0 Å². The summed E-state index contributed by atoms with van der Waals surface area (Å²) in [5.41, 5.74) is 2.34. The second-order valence-corrected chi connectivity index (χ2v) is 3.61. The summed E-state index contributed by atoms with van der Waals surface area (Å²) in [7, 11) is 0. The lowest BCUT2D eigenvalue weighted by Gasteiger charge is -2.03. The van der Waals surface area contributed by atoms with Crippen molar-refractivity contribution in [3.8, 4) is 0 Å². The van der Waals surface area contributed by atoms with Crippen LogP contribution < -0.4 is 5.32 Å². The van der Waals surface area contributed by atoms with Crippen LogP contribution in [0.15, 0.2) is 48.9 Å². The third-order valence-electron chi connectivity index (χ3n) is 2.36. The van der Waals surface area contributed by atoms with Crippen LogP contribution in [0.4, 0.5) is 0 Å². The Hall–Kier alpha value is -1.74. The molecule has 0 aliphatic carbocycles. The van der Waals surface area contributed by atoms with Crippen LogP contribution in [0.1, 0.15) is 11.3 Å². The Morgan fingerprint density at radius 3 is 2.69 bits per heavy atom. The highest BCUT2D eigenvalue weighted by Gasteiger charge is 1.94. The molecule has 0 aliphatic heterocycles. The summed E-state index contributed by atoms with van der Waals surface area (Å²) < 4.78 is 0. The number of nitrogens with zero attached hydrogens (tertiary/aromatic N) is 2. The monoisotopic (exact) mass is 213 g/mol. The zero-order chi connectivity index (χ0) is 11.1. The van der Waals surface area contributed by atoms with Gasteiger partial charge in [0.2, 0.25) is 0 Å². The first kappa shape index (κ1) is 10.8. The Morgan fingerprint density at radius 2 is 1.94 bits per heavy atom. The van der Waals surface area contributed by atoms with Crippen LogP contribution in [-0.4, -0.2) is 16.5 Å². The number of aromatic nitrogens is 2. The van der Waals surface area contributed by atoms with Gasteiger partial charge >= 0.3 is 0 Å². The maximum atomic E-state index is 4.20. The summed E-state index contributed by atoms with van der Waals surface area (Å²) in [6.07, 6.45) is 6.23. The van der Waals surface area contributed by atoms with E-state index in [2.05, 4.69) is 39.6 Å². The molecule has 0 bridgehead atoms. The molecule has 1 aromatic carbocycles. The summed E-state index contributed by atoms with van der Waals surface area (Å²) in [5.74, 6) is 0. The standard InChI is InChI=1S/C13H15N3/c1-2-4-12(5-3-1)6-7-14-10-13-11-15-8-9-16-13/h1-5,8-9,11,14H,6-7,10H2. The molecule has 1 aromatic heterocycles. The number of rotatable bonds is 5. The van der Waals surface area contributed by atoms with Crippen molar-refractivity contribution in [2.24, 2.45) is 0 Å². The first-order chi connectivity index (χ1) is 7.95. The topological polar surface area (TPSA) is 37.8 Å². The van der Waals surface area contributed by atoms with Gasteiger partial charge in [0.1, 0.15) is 0 Å². The van der Waals surface area contributed by atoms with Crippen LogP contribution in [0.3, 0.4) is 0 Å². The summed E-state index contributed by atoms with van der Waals surface area (Å²) in [6, 6.07) is 10.5. The second kappa shape index (κ2) is 5.98. The Bertz CT molecular complexity index is 359. The third-order valence-corrected chi connectivity index (χ3v) is 2.36. The van der Waals surface area contributed by atoms with E-state index in [1.54, 1.807) is 18.6 Å². The van der Waals surface area contributed by atoms with Gasteiger partial charge in [-0.05, 0) is 18.5 Å². The maximum Gasteiger partial charge on any atom is 0.0724 e. The van der Waals surface area contributed by atoms with Gasteiger partial charge in [0.05, 0.1) is 5.69 Å². The minimum absolute atomic E-state index is 0.778. The molecule has 0 saturated heterocycles. The molecule has 1 heterocycles. The number of hydrogen-bond acceptors (Lipinski definition) is 3. The Morgan fingerprint density at radius 1 is 1.06 bits per heavy atom. The molecule has 0 aliphatic rings. The zero-order valence-corrected chi connectivity index (χ0v) is 9.13. The number of nitrogens with one attached hydrogen (secondary N) is 1. The van der Waals surface area contributed by atoms with Crippen LogP contribution >= 0.6 is 0 Å². The molecule has 0 fully saturated rings. The van der Waals surface area contributed by atoms with Crippen molar-refractivity contribution < 1.29 is 0 Å². The van der Waals surface area contributed by atoms with Gasteiger partial charge < -0.3 is 5.32 Å². The van der Waals surface area contributed by atoms with Crippen molar-refractivity contribution in [1.29, 1.82) is 0 Å². The van der Waals surface area contributed by atoms with Crippen LogP contribution in [-0.2, 0) is 13.0 Å². The zero-order valence-electron chi connectivity index (χ0n) is 9.13. The van der Waals surface area contributed by atoms with Crippen molar-refractivity contribution in [2.45, 2.75) is 13.0 Å². The summed E-state index contributed by atoms with van der Waals surface area (Å²) in [4.78, 5) is 8.22. The van der Waals surface area contributed by atoms with E-state index in [4.69, 9.17) is 0 Å². The summed E-state index contributed by atoms with van der Waals surface area (Å²) >= 11 is 0. The molecule has 16 heavy (non-hydrogen) atoms. The summed E-state index contributed by atoms with van der Waals surface area (Å²) in [5, 5.41) is 3.35. The van der Waals surface area contributed by atoms with Crippen molar-refractivity contribution in [3.05, 3.63) is 60.2 Å². The summed E-state index contributed by atoms with van der Waals surface area (Å²) in [6.45, 7) is 1.74. The van der Waals surface area contributed by atoms with Gasteiger partial charge in [-0.1, -0.05) is 30.3 Å². The molecule has 3 heteroatoms. The highest BCUT2D eigenvalue weighted by molar-refractivity contribution is 5.14. The fourth-order valence-corrected chi connectivity index (χ4v) is 1.52. The molecule has 1 N–H and O–H groups in total. The third kappa shape index (κ3) is 3.44. The first-order valence-corrected chi connectivity index (χ1v) is 5.45. The van der Waals surface area contributed by atoms with E-state index >= 15 is 0 Å². The van der Waals surface area contributed by atoms with Gasteiger partial charge in [-0.2, -0.15) is 0 Å². The van der Waals surface area contributed by atoms with Gasteiger partial charge in [-0.3, -0.25) is 9.97 Å². The largest absolute Gasteiger partial charge is 0.311 e. The van der Waals surface area contributed by atoms with E-state index in [1.807, 2.05) is 6.07 Å². The smallest absolute Gasteiger partial charge is 0.0724 e. The Labute approximate surface area is 95.6 Å².